The van der Waals surface area contributed by atoms with Crippen molar-refractivity contribution < 1.29 is 23.5 Å². The van der Waals surface area contributed by atoms with E-state index >= 15 is 0 Å². The van der Waals surface area contributed by atoms with Gasteiger partial charge in [-0.15, -0.1) is 0 Å². The predicted molar refractivity (Wildman–Crippen MR) is 63.5 cm³/mol. The van der Waals surface area contributed by atoms with Gasteiger partial charge in [-0.3, -0.25) is 4.79 Å². The zero-order valence-corrected chi connectivity index (χ0v) is 10.7. The van der Waals surface area contributed by atoms with Gasteiger partial charge in [0.1, 0.15) is 11.6 Å². The molecule has 98 valence electrons. The van der Waals surface area contributed by atoms with Crippen molar-refractivity contribution >= 4 is 23.4 Å². The minimum atomic E-state index is -0.717. The molecule has 0 aliphatic rings. The highest BCUT2D eigenvalue weighted by molar-refractivity contribution is 6.31. The van der Waals surface area contributed by atoms with E-state index in [0.29, 0.717) is 0 Å². The molecule has 0 amide bonds. The van der Waals surface area contributed by atoms with E-state index in [1.807, 2.05) is 0 Å². The third-order valence-electron chi connectivity index (χ3n) is 2.05. The van der Waals surface area contributed by atoms with E-state index in [1.54, 1.807) is 6.92 Å². The lowest BCUT2D eigenvalue weighted by atomic mass is 10.1. The van der Waals surface area contributed by atoms with E-state index < -0.39 is 11.8 Å². The van der Waals surface area contributed by atoms with Crippen LogP contribution in [0.4, 0.5) is 4.39 Å². The Hall–Kier alpha value is -1.62. The number of ether oxygens (including phenoxy) is 2. The van der Waals surface area contributed by atoms with Crippen molar-refractivity contribution in [3.05, 3.63) is 28.5 Å². The lowest BCUT2D eigenvalue weighted by Gasteiger charge is -2.10. The first kappa shape index (κ1) is 14.4. The summed E-state index contributed by atoms with van der Waals surface area (Å²) in [6.45, 7) is 2.79. The molecule has 0 bridgehead atoms. The number of ketones is 1. The smallest absolute Gasteiger partial charge is 0.344 e. The topological polar surface area (TPSA) is 52.6 Å². The highest BCUT2D eigenvalue weighted by Crippen LogP contribution is 2.26. The molecule has 1 aromatic rings. The molecule has 0 aliphatic carbocycles. The average molecular weight is 275 g/mol. The zero-order chi connectivity index (χ0) is 13.7. The first-order valence-corrected chi connectivity index (χ1v) is 5.62. The maximum Gasteiger partial charge on any atom is 0.344 e. The fraction of sp³-hybridized carbons (Fsp3) is 0.333. The largest absolute Gasteiger partial charge is 0.481 e. The summed E-state index contributed by atoms with van der Waals surface area (Å²) >= 11 is 5.58. The summed E-state index contributed by atoms with van der Waals surface area (Å²) in [4.78, 5) is 22.4. The number of Topliss-reactive ketones (excluding diaryl/α,β-unsaturated/α-hetero) is 1. The number of halogens is 2. The van der Waals surface area contributed by atoms with E-state index in [9.17, 15) is 14.0 Å². The average Bonchev–Trinajstić information content (AvgIpc) is 2.30. The van der Waals surface area contributed by atoms with Crippen LogP contribution in [0, 0.1) is 5.82 Å². The highest BCUT2D eigenvalue weighted by atomic mass is 35.5. The molecule has 0 aromatic heterocycles. The van der Waals surface area contributed by atoms with Gasteiger partial charge >= 0.3 is 5.97 Å². The first-order valence-electron chi connectivity index (χ1n) is 5.24. The molecule has 0 atom stereocenters. The molecule has 0 radical (unpaired) electrons. The standard InChI is InChI=1S/C12H12ClFO4/c1-3-17-12(16)6-18-11-5-9(13)10(14)4-8(11)7(2)15/h4-5H,3,6H2,1-2H3. The monoisotopic (exact) mass is 274 g/mol. The molecular formula is C12H12ClFO4. The van der Waals surface area contributed by atoms with Crippen molar-refractivity contribution in [1.29, 1.82) is 0 Å². The van der Waals surface area contributed by atoms with Gasteiger partial charge in [-0.1, -0.05) is 11.6 Å². The Labute approximate surface area is 109 Å². The van der Waals surface area contributed by atoms with Crippen LogP contribution in [0.25, 0.3) is 0 Å². The fourth-order valence-corrected chi connectivity index (χ4v) is 1.42. The molecule has 0 unspecified atom stereocenters. The Morgan fingerprint density at radius 2 is 2.06 bits per heavy atom. The summed E-state index contributed by atoms with van der Waals surface area (Å²) in [7, 11) is 0. The Kier molecular flexibility index (Phi) is 5.09. The van der Waals surface area contributed by atoms with Gasteiger partial charge in [0.05, 0.1) is 17.2 Å². The second kappa shape index (κ2) is 6.35. The second-order valence-corrected chi connectivity index (χ2v) is 3.82. The van der Waals surface area contributed by atoms with Crippen molar-refractivity contribution in [3.8, 4) is 5.75 Å². The van der Waals surface area contributed by atoms with Crippen LogP contribution in [0.1, 0.15) is 24.2 Å². The Morgan fingerprint density at radius 1 is 1.39 bits per heavy atom. The third kappa shape index (κ3) is 3.70. The second-order valence-electron chi connectivity index (χ2n) is 3.41. The van der Waals surface area contributed by atoms with Gasteiger partial charge in [0.25, 0.3) is 0 Å². The lowest BCUT2D eigenvalue weighted by Crippen LogP contribution is -2.15. The van der Waals surface area contributed by atoms with Gasteiger partial charge in [-0.05, 0) is 19.9 Å². The molecule has 0 saturated carbocycles. The number of hydrogen-bond donors (Lipinski definition) is 0. The highest BCUT2D eigenvalue weighted by Gasteiger charge is 2.14. The Bertz CT molecular complexity index is 473. The maximum atomic E-state index is 13.2. The van der Waals surface area contributed by atoms with Crippen LogP contribution in [-0.4, -0.2) is 25.0 Å². The number of rotatable bonds is 5. The van der Waals surface area contributed by atoms with Crippen molar-refractivity contribution in [2.45, 2.75) is 13.8 Å². The number of hydrogen-bond acceptors (Lipinski definition) is 4. The zero-order valence-electron chi connectivity index (χ0n) is 9.96. The third-order valence-corrected chi connectivity index (χ3v) is 2.34. The number of esters is 1. The number of benzene rings is 1. The molecule has 0 fully saturated rings. The van der Waals surface area contributed by atoms with E-state index in [1.165, 1.54) is 6.92 Å². The summed E-state index contributed by atoms with van der Waals surface area (Å²) in [6, 6.07) is 2.14. The minimum Gasteiger partial charge on any atom is -0.481 e. The summed E-state index contributed by atoms with van der Waals surface area (Å²) in [5.41, 5.74) is 0.0289. The van der Waals surface area contributed by atoms with Crippen molar-refractivity contribution in [2.75, 3.05) is 13.2 Å². The van der Waals surface area contributed by atoms with E-state index in [-0.39, 0.29) is 35.3 Å². The molecule has 0 spiro atoms. The molecular weight excluding hydrogens is 263 g/mol. The number of carbonyl (C=O) groups excluding carboxylic acids is 2. The first-order chi connectivity index (χ1) is 8.45. The lowest BCUT2D eigenvalue weighted by molar-refractivity contribution is -0.145. The van der Waals surface area contributed by atoms with Crippen molar-refractivity contribution in [1.82, 2.24) is 0 Å². The summed E-state index contributed by atoms with van der Waals surface area (Å²) in [5.74, 6) is -1.62. The van der Waals surface area contributed by atoms with Crippen molar-refractivity contribution in [3.63, 3.8) is 0 Å². The van der Waals surface area contributed by atoms with Crippen LogP contribution in [0.5, 0.6) is 5.75 Å². The fourth-order valence-electron chi connectivity index (χ4n) is 1.26. The normalized spacial score (nSPS) is 10.0. The van der Waals surface area contributed by atoms with Crippen LogP contribution in [0.2, 0.25) is 5.02 Å². The molecule has 0 heterocycles. The van der Waals surface area contributed by atoms with E-state index in [2.05, 4.69) is 4.74 Å². The Balaban J connectivity index is 2.90. The summed E-state index contributed by atoms with van der Waals surface area (Å²) in [6.07, 6.45) is 0. The van der Waals surface area contributed by atoms with Gasteiger partial charge < -0.3 is 9.47 Å². The molecule has 0 aliphatic heterocycles. The van der Waals surface area contributed by atoms with Gasteiger partial charge in [0.15, 0.2) is 12.4 Å². The Morgan fingerprint density at radius 3 is 2.61 bits per heavy atom. The van der Waals surface area contributed by atoms with Gasteiger partial charge in [0, 0.05) is 6.07 Å². The van der Waals surface area contributed by atoms with E-state index in [0.717, 1.165) is 12.1 Å². The van der Waals surface area contributed by atoms with Crippen LogP contribution in [0.15, 0.2) is 12.1 Å². The van der Waals surface area contributed by atoms with Gasteiger partial charge in [-0.25, -0.2) is 9.18 Å². The predicted octanol–water partition coefficient (Wildman–Crippen LogP) is 2.62. The SMILES string of the molecule is CCOC(=O)COc1cc(Cl)c(F)cc1C(C)=O. The van der Waals surface area contributed by atoms with Gasteiger partial charge in [0.2, 0.25) is 0 Å². The molecule has 18 heavy (non-hydrogen) atoms. The summed E-state index contributed by atoms with van der Waals surface area (Å²) < 4.78 is 23.0. The van der Waals surface area contributed by atoms with E-state index in [4.69, 9.17) is 16.3 Å². The van der Waals surface area contributed by atoms with Crippen LogP contribution < -0.4 is 4.74 Å². The maximum absolute atomic E-state index is 13.2. The quantitative estimate of drug-likeness (QED) is 0.612. The van der Waals surface area contributed by atoms with Crippen LogP contribution in [0.3, 0.4) is 0 Å². The molecule has 6 heteroatoms. The summed E-state index contributed by atoms with van der Waals surface area (Å²) in [5, 5.41) is -0.182. The van der Waals surface area contributed by atoms with Crippen LogP contribution >= 0.6 is 11.6 Å². The molecule has 0 N–H and O–H groups in total. The molecule has 1 aromatic carbocycles. The molecule has 4 nitrogen and oxygen atoms in total. The molecule has 0 saturated heterocycles. The number of carbonyl (C=O) groups is 2. The molecule has 1 rings (SSSR count). The minimum absolute atomic E-state index is 0.0289. The van der Waals surface area contributed by atoms with Gasteiger partial charge in [-0.2, -0.15) is 0 Å². The van der Waals surface area contributed by atoms with Crippen LogP contribution in [-0.2, 0) is 9.53 Å². The van der Waals surface area contributed by atoms with Crippen molar-refractivity contribution in [2.24, 2.45) is 0 Å².